The maximum atomic E-state index is 9.29. The van der Waals surface area contributed by atoms with Crippen molar-refractivity contribution >= 4 is 17.4 Å². The molecule has 0 aromatic carbocycles. The van der Waals surface area contributed by atoms with Crippen LogP contribution in [0.25, 0.3) is 0 Å². The molecular formula is C15H16ClN5O. The van der Waals surface area contributed by atoms with Crippen LogP contribution in [-0.2, 0) is 4.74 Å². The summed E-state index contributed by atoms with van der Waals surface area (Å²) in [4.78, 5) is 4.23. The van der Waals surface area contributed by atoms with Crippen LogP contribution < -0.4 is 5.32 Å². The minimum atomic E-state index is 0.0187. The highest BCUT2D eigenvalue weighted by Crippen LogP contribution is 2.34. The Morgan fingerprint density at radius 1 is 1.55 bits per heavy atom. The molecule has 2 atom stereocenters. The van der Waals surface area contributed by atoms with E-state index >= 15 is 0 Å². The molecule has 114 valence electrons. The first-order valence-electron chi connectivity index (χ1n) is 7.10. The summed E-state index contributed by atoms with van der Waals surface area (Å²) in [7, 11) is 0. The van der Waals surface area contributed by atoms with Crippen molar-refractivity contribution in [1.82, 2.24) is 15.2 Å². The van der Waals surface area contributed by atoms with Gasteiger partial charge >= 0.3 is 0 Å². The highest BCUT2D eigenvalue weighted by molar-refractivity contribution is 6.31. The van der Waals surface area contributed by atoms with Gasteiger partial charge in [-0.05, 0) is 18.9 Å². The van der Waals surface area contributed by atoms with E-state index in [-0.39, 0.29) is 6.10 Å². The highest BCUT2D eigenvalue weighted by atomic mass is 35.5. The van der Waals surface area contributed by atoms with Crippen molar-refractivity contribution in [3.63, 3.8) is 0 Å². The number of aromatic nitrogens is 3. The molecule has 0 amide bonds. The first-order valence-corrected chi connectivity index (χ1v) is 7.48. The lowest BCUT2D eigenvalue weighted by Gasteiger charge is -2.18. The number of hydrogen-bond acceptors (Lipinski definition) is 5. The van der Waals surface area contributed by atoms with Crippen LogP contribution >= 0.6 is 11.6 Å². The third-order valence-corrected chi connectivity index (χ3v) is 4.36. The van der Waals surface area contributed by atoms with E-state index in [2.05, 4.69) is 26.6 Å². The molecule has 0 unspecified atom stereocenters. The number of nitrogens with one attached hydrogen (secondary N) is 2. The number of nitrogens with zero attached hydrogens (tertiary/aromatic N) is 3. The number of rotatable bonds is 4. The van der Waals surface area contributed by atoms with Crippen LogP contribution in [0.4, 0.5) is 5.82 Å². The number of anilines is 1. The largest absolute Gasteiger partial charge is 0.373 e. The summed E-state index contributed by atoms with van der Waals surface area (Å²) in [6.45, 7) is 3.22. The van der Waals surface area contributed by atoms with E-state index in [0.29, 0.717) is 28.9 Å². The molecule has 2 N–H and O–H groups in total. The van der Waals surface area contributed by atoms with Crippen LogP contribution in [0.2, 0.25) is 5.02 Å². The predicted octanol–water partition coefficient (Wildman–Crippen LogP) is 2.83. The van der Waals surface area contributed by atoms with Crippen molar-refractivity contribution in [3.8, 4) is 6.07 Å². The molecule has 3 rings (SSSR count). The molecular weight excluding hydrogens is 302 g/mol. The fourth-order valence-corrected chi connectivity index (χ4v) is 2.85. The molecule has 0 aliphatic carbocycles. The van der Waals surface area contributed by atoms with Crippen molar-refractivity contribution in [2.45, 2.75) is 19.4 Å². The van der Waals surface area contributed by atoms with Gasteiger partial charge in [0.1, 0.15) is 11.9 Å². The van der Waals surface area contributed by atoms with Crippen molar-refractivity contribution in [2.24, 2.45) is 5.92 Å². The van der Waals surface area contributed by atoms with Crippen molar-refractivity contribution in [3.05, 3.63) is 40.3 Å². The second kappa shape index (κ2) is 6.34. The average Bonchev–Trinajstić information content (AvgIpc) is 3.18. The zero-order valence-electron chi connectivity index (χ0n) is 12.1. The van der Waals surface area contributed by atoms with Crippen molar-refractivity contribution < 1.29 is 4.74 Å². The van der Waals surface area contributed by atoms with Crippen LogP contribution in [0.15, 0.2) is 18.6 Å². The second-order valence-corrected chi connectivity index (χ2v) is 5.73. The number of hydrogen-bond donors (Lipinski definition) is 2. The molecule has 2 aromatic heterocycles. The first kappa shape index (κ1) is 14.8. The fourth-order valence-electron chi connectivity index (χ4n) is 2.71. The van der Waals surface area contributed by atoms with E-state index in [1.165, 1.54) is 0 Å². The van der Waals surface area contributed by atoms with Crippen LogP contribution in [0.1, 0.15) is 29.2 Å². The molecule has 6 nitrogen and oxygen atoms in total. The molecule has 1 aliphatic rings. The SMILES string of the molecule is Cc1c(Cl)cnc(NC[C@H]2CCO[C@@H]2c2cn[nH]c2)c1C#N. The molecule has 1 aliphatic heterocycles. The Balaban J connectivity index is 1.73. The third-order valence-electron chi connectivity index (χ3n) is 3.98. The van der Waals surface area contributed by atoms with Gasteiger partial charge in [0, 0.05) is 37.0 Å². The Kier molecular flexibility index (Phi) is 4.27. The Hall–Kier alpha value is -2.10. The van der Waals surface area contributed by atoms with Gasteiger partial charge in [-0.3, -0.25) is 5.10 Å². The lowest BCUT2D eigenvalue weighted by molar-refractivity contribution is 0.0933. The number of halogens is 1. The van der Waals surface area contributed by atoms with Crippen LogP contribution in [0.5, 0.6) is 0 Å². The number of H-pyrrole nitrogens is 1. The zero-order valence-corrected chi connectivity index (χ0v) is 12.9. The lowest BCUT2D eigenvalue weighted by atomic mass is 9.97. The number of nitriles is 1. The Bertz CT molecular complexity index is 695. The van der Waals surface area contributed by atoms with Gasteiger partial charge < -0.3 is 10.1 Å². The van der Waals surface area contributed by atoms with Gasteiger partial charge in [-0.25, -0.2) is 4.98 Å². The van der Waals surface area contributed by atoms with Gasteiger partial charge in [-0.15, -0.1) is 0 Å². The maximum Gasteiger partial charge on any atom is 0.144 e. The summed E-state index contributed by atoms with van der Waals surface area (Å²) in [5.41, 5.74) is 2.28. The summed E-state index contributed by atoms with van der Waals surface area (Å²) >= 11 is 6.01. The summed E-state index contributed by atoms with van der Waals surface area (Å²) in [5.74, 6) is 0.879. The number of ether oxygens (including phenoxy) is 1. The molecule has 7 heteroatoms. The minimum absolute atomic E-state index is 0.0187. The van der Waals surface area contributed by atoms with E-state index in [1.54, 1.807) is 12.4 Å². The first-order chi connectivity index (χ1) is 10.7. The van der Waals surface area contributed by atoms with Gasteiger partial charge in [0.25, 0.3) is 0 Å². The Labute approximate surface area is 133 Å². The van der Waals surface area contributed by atoms with Crippen molar-refractivity contribution in [2.75, 3.05) is 18.5 Å². The van der Waals surface area contributed by atoms with E-state index in [9.17, 15) is 5.26 Å². The van der Waals surface area contributed by atoms with Crippen LogP contribution in [-0.4, -0.2) is 28.3 Å². The van der Waals surface area contributed by atoms with Crippen LogP contribution in [0, 0.1) is 24.2 Å². The van der Waals surface area contributed by atoms with Gasteiger partial charge in [-0.2, -0.15) is 10.4 Å². The van der Waals surface area contributed by atoms with E-state index in [4.69, 9.17) is 16.3 Å². The monoisotopic (exact) mass is 317 g/mol. The molecule has 1 saturated heterocycles. The molecule has 2 aromatic rings. The second-order valence-electron chi connectivity index (χ2n) is 5.32. The molecule has 0 spiro atoms. The summed E-state index contributed by atoms with van der Waals surface area (Å²) < 4.78 is 5.79. The predicted molar refractivity (Wildman–Crippen MR) is 82.6 cm³/mol. The molecule has 0 saturated carbocycles. The molecule has 3 heterocycles. The highest BCUT2D eigenvalue weighted by Gasteiger charge is 2.30. The Morgan fingerprint density at radius 3 is 3.14 bits per heavy atom. The van der Waals surface area contributed by atoms with E-state index < -0.39 is 0 Å². The summed E-state index contributed by atoms with van der Waals surface area (Å²) in [5, 5.41) is 19.8. The smallest absolute Gasteiger partial charge is 0.144 e. The molecule has 22 heavy (non-hydrogen) atoms. The van der Waals surface area contributed by atoms with E-state index in [1.807, 2.05) is 13.1 Å². The van der Waals surface area contributed by atoms with Gasteiger partial charge in [0.2, 0.25) is 0 Å². The average molecular weight is 318 g/mol. The van der Waals surface area contributed by atoms with Crippen molar-refractivity contribution in [1.29, 1.82) is 5.26 Å². The molecule has 0 radical (unpaired) electrons. The van der Waals surface area contributed by atoms with E-state index in [0.717, 1.165) is 24.2 Å². The lowest BCUT2D eigenvalue weighted by Crippen LogP contribution is -2.19. The topological polar surface area (TPSA) is 86.6 Å². The number of aromatic amines is 1. The maximum absolute atomic E-state index is 9.29. The zero-order chi connectivity index (χ0) is 15.5. The quantitative estimate of drug-likeness (QED) is 0.905. The Morgan fingerprint density at radius 2 is 2.41 bits per heavy atom. The summed E-state index contributed by atoms with van der Waals surface area (Å²) in [6.07, 6.45) is 6.18. The number of pyridine rings is 1. The third kappa shape index (κ3) is 2.78. The van der Waals surface area contributed by atoms with Gasteiger partial charge in [0.05, 0.1) is 22.9 Å². The molecule has 0 bridgehead atoms. The fraction of sp³-hybridized carbons (Fsp3) is 0.400. The molecule has 1 fully saturated rings. The minimum Gasteiger partial charge on any atom is -0.373 e. The van der Waals surface area contributed by atoms with Crippen LogP contribution in [0.3, 0.4) is 0 Å². The van der Waals surface area contributed by atoms with Gasteiger partial charge in [-0.1, -0.05) is 11.6 Å². The standard InChI is InChI=1S/C15H16ClN5O/c1-9-12(4-17)15(19-8-13(9)16)18-5-10-2-3-22-14(10)11-6-20-21-7-11/h6-8,10,14H,2-3,5H2,1H3,(H,18,19)(H,20,21)/t10-,14+/m1/s1. The summed E-state index contributed by atoms with van der Waals surface area (Å²) in [6, 6.07) is 2.16. The van der Waals surface area contributed by atoms with Gasteiger partial charge in [0.15, 0.2) is 0 Å². The normalized spacial score (nSPS) is 20.8.